The lowest BCUT2D eigenvalue weighted by atomic mass is 10.2. The standard InChI is InChI=1S/C18H14N4O4/c23-17(19-10-16-21-20-15-3-1-2-8-22(15)16)11-25-13-6-4-12-5-7-18(24)26-14(12)9-13/h1-9H,10-11H2,(H,19,23). The summed E-state index contributed by atoms with van der Waals surface area (Å²) >= 11 is 0. The Morgan fingerprint density at radius 3 is 2.96 bits per heavy atom. The zero-order valence-corrected chi connectivity index (χ0v) is 13.6. The summed E-state index contributed by atoms with van der Waals surface area (Å²) in [5, 5.41) is 11.6. The van der Waals surface area contributed by atoms with Crippen LogP contribution in [0.15, 0.2) is 63.9 Å². The van der Waals surface area contributed by atoms with Crippen molar-refractivity contribution in [1.29, 1.82) is 0 Å². The lowest BCUT2D eigenvalue weighted by molar-refractivity contribution is -0.123. The van der Waals surface area contributed by atoms with Crippen LogP contribution in [0.2, 0.25) is 0 Å². The zero-order chi connectivity index (χ0) is 17.9. The van der Waals surface area contributed by atoms with Crippen LogP contribution in [0.5, 0.6) is 5.75 Å². The quantitative estimate of drug-likeness (QED) is 0.548. The number of rotatable bonds is 5. The van der Waals surface area contributed by atoms with Gasteiger partial charge < -0.3 is 14.5 Å². The molecule has 130 valence electrons. The van der Waals surface area contributed by atoms with Crippen molar-refractivity contribution in [2.75, 3.05) is 6.61 Å². The van der Waals surface area contributed by atoms with Crippen LogP contribution in [0.4, 0.5) is 0 Å². The summed E-state index contributed by atoms with van der Waals surface area (Å²) < 4.78 is 12.3. The third kappa shape index (κ3) is 3.25. The summed E-state index contributed by atoms with van der Waals surface area (Å²) in [6, 6.07) is 13.6. The molecule has 3 aromatic heterocycles. The number of aromatic nitrogens is 3. The van der Waals surface area contributed by atoms with Crippen LogP contribution in [-0.4, -0.2) is 27.1 Å². The van der Waals surface area contributed by atoms with E-state index in [1.165, 1.54) is 6.07 Å². The minimum atomic E-state index is -0.437. The minimum Gasteiger partial charge on any atom is -0.484 e. The molecule has 4 rings (SSSR count). The number of hydrogen-bond donors (Lipinski definition) is 1. The molecule has 3 heterocycles. The van der Waals surface area contributed by atoms with E-state index in [1.807, 2.05) is 24.4 Å². The smallest absolute Gasteiger partial charge is 0.336 e. The van der Waals surface area contributed by atoms with Crippen molar-refractivity contribution < 1.29 is 13.9 Å². The number of fused-ring (bicyclic) bond motifs is 2. The number of carbonyl (C=O) groups is 1. The average molecular weight is 350 g/mol. The van der Waals surface area contributed by atoms with Crippen molar-refractivity contribution in [1.82, 2.24) is 19.9 Å². The Hall–Kier alpha value is -3.68. The fraction of sp³-hybridized carbons (Fsp3) is 0.111. The zero-order valence-electron chi connectivity index (χ0n) is 13.6. The molecule has 0 aliphatic heterocycles. The van der Waals surface area contributed by atoms with Crippen LogP contribution in [0, 0.1) is 0 Å². The van der Waals surface area contributed by atoms with Crippen LogP contribution in [0.25, 0.3) is 16.6 Å². The summed E-state index contributed by atoms with van der Waals surface area (Å²) in [5.74, 6) is 0.767. The Bertz CT molecular complexity index is 1150. The van der Waals surface area contributed by atoms with E-state index in [1.54, 1.807) is 28.7 Å². The van der Waals surface area contributed by atoms with E-state index in [0.717, 1.165) is 5.39 Å². The number of amides is 1. The second kappa shape index (κ2) is 6.67. The third-order valence-corrected chi connectivity index (χ3v) is 3.79. The molecule has 8 heteroatoms. The van der Waals surface area contributed by atoms with Gasteiger partial charge in [0.15, 0.2) is 18.1 Å². The van der Waals surface area contributed by atoms with E-state index >= 15 is 0 Å². The fourth-order valence-corrected chi connectivity index (χ4v) is 2.52. The summed E-state index contributed by atoms with van der Waals surface area (Å²) in [7, 11) is 0. The predicted molar refractivity (Wildman–Crippen MR) is 92.8 cm³/mol. The highest BCUT2D eigenvalue weighted by Gasteiger charge is 2.08. The molecule has 0 spiro atoms. The van der Waals surface area contributed by atoms with Gasteiger partial charge in [0.1, 0.15) is 11.3 Å². The van der Waals surface area contributed by atoms with Crippen LogP contribution < -0.4 is 15.7 Å². The first-order valence-corrected chi connectivity index (χ1v) is 7.91. The Labute approximate surface area is 147 Å². The number of hydrogen-bond acceptors (Lipinski definition) is 6. The van der Waals surface area contributed by atoms with E-state index in [4.69, 9.17) is 9.15 Å². The molecule has 1 N–H and O–H groups in total. The summed E-state index contributed by atoms with van der Waals surface area (Å²) in [5.41, 5.74) is 0.684. The van der Waals surface area contributed by atoms with Crippen molar-refractivity contribution >= 4 is 22.5 Å². The molecular formula is C18H14N4O4. The van der Waals surface area contributed by atoms with E-state index in [-0.39, 0.29) is 19.1 Å². The molecule has 26 heavy (non-hydrogen) atoms. The normalized spacial score (nSPS) is 10.9. The van der Waals surface area contributed by atoms with Gasteiger partial charge in [0.05, 0.1) is 6.54 Å². The van der Waals surface area contributed by atoms with Gasteiger partial charge in [-0.15, -0.1) is 10.2 Å². The Morgan fingerprint density at radius 2 is 2.04 bits per heavy atom. The molecule has 0 saturated carbocycles. The van der Waals surface area contributed by atoms with Crippen molar-refractivity contribution in [3.8, 4) is 5.75 Å². The number of pyridine rings is 1. The van der Waals surface area contributed by atoms with Gasteiger partial charge in [-0.05, 0) is 30.3 Å². The number of nitrogens with one attached hydrogen (secondary N) is 1. The SMILES string of the molecule is O=C(COc1ccc2ccc(=O)oc2c1)NCc1nnc2ccccn12. The van der Waals surface area contributed by atoms with Gasteiger partial charge >= 0.3 is 5.63 Å². The van der Waals surface area contributed by atoms with Crippen LogP contribution in [0.3, 0.4) is 0 Å². The average Bonchev–Trinajstić information content (AvgIpc) is 3.07. The maximum atomic E-state index is 12.0. The fourth-order valence-electron chi connectivity index (χ4n) is 2.52. The van der Waals surface area contributed by atoms with Gasteiger partial charge in [0.25, 0.3) is 5.91 Å². The monoisotopic (exact) mass is 350 g/mol. The lowest BCUT2D eigenvalue weighted by Gasteiger charge is -2.07. The summed E-state index contributed by atoms with van der Waals surface area (Å²) in [6.45, 7) is 0.0687. The van der Waals surface area contributed by atoms with Gasteiger partial charge in [-0.25, -0.2) is 4.79 Å². The number of benzene rings is 1. The molecule has 8 nitrogen and oxygen atoms in total. The number of carbonyl (C=O) groups excluding carboxylic acids is 1. The number of ether oxygens (including phenoxy) is 1. The van der Waals surface area contributed by atoms with Crippen LogP contribution in [-0.2, 0) is 11.3 Å². The number of nitrogens with zero attached hydrogens (tertiary/aromatic N) is 3. The molecule has 0 unspecified atom stereocenters. The van der Waals surface area contributed by atoms with Gasteiger partial charge in [-0.3, -0.25) is 9.20 Å². The molecule has 0 saturated heterocycles. The van der Waals surface area contributed by atoms with E-state index in [2.05, 4.69) is 15.5 Å². The van der Waals surface area contributed by atoms with Gasteiger partial charge in [-0.2, -0.15) is 0 Å². The topological polar surface area (TPSA) is 98.7 Å². The largest absolute Gasteiger partial charge is 0.484 e. The molecule has 0 fully saturated rings. The van der Waals surface area contributed by atoms with Crippen LogP contribution >= 0.6 is 0 Å². The molecule has 0 bridgehead atoms. The Balaban J connectivity index is 1.37. The van der Waals surface area contributed by atoms with Gasteiger partial charge in [0.2, 0.25) is 0 Å². The molecule has 0 aliphatic rings. The first-order chi connectivity index (χ1) is 12.7. The third-order valence-electron chi connectivity index (χ3n) is 3.79. The van der Waals surface area contributed by atoms with Gasteiger partial charge in [-0.1, -0.05) is 6.07 Å². The van der Waals surface area contributed by atoms with Crippen molar-refractivity contribution in [2.45, 2.75) is 6.54 Å². The van der Waals surface area contributed by atoms with Gasteiger partial charge in [0, 0.05) is 23.7 Å². The first kappa shape index (κ1) is 15.8. The highest BCUT2D eigenvalue weighted by atomic mass is 16.5. The summed E-state index contributed by atoms with van der Waals surface area (Å²) in [4.78, 5) is 23.3. The molecule has 0 aliphatic carbocycles. The second-order valence-electron chi connectivity index (χ2n) is 5.56. The van der Waals surface area contributed by atoms with Crippen molar-refractivity contribution in [3.63, 3.8) is 0 Å². The maximum absolute atomic E-state index is 12.0. The molecule has 1 aromatic carbocycles. The maximum Gasteiger partial charge on any atom is 0.336 e. The van der Waals surface area contributed by atoms with Crippen LogP contribution in [0.1, 0.15) is 5.82 Å². The van der Waals surface area contributed by atoms with Crippen molar-refractivity contribution in [3.05, 3.63) is 71.0 Å². The minimum absolute atomic E-state index is 0.167. The van der Waals surface area contributed by atoms with E-state index in [9.17, 15) is 9.59 Å². The summed E-state index contributed by atoms with van der Waals surface area (Å²) in [6.07, 6.45) is 1.83. The Morgan fingerprint density at radius 1 is 1.15 bits per heavy atom. The first-order valence-electron chi connectivity index (χ1n) is 7.91. The second-order valence-corrected chi connectivity index (χ2v) is 5.56. The van der Waals surface area contributed by atoms with E-state index < -0.39 is 5.63 Å². The molecule has 0 radical (unpaired) electrons. The molecular weight excluding hydrogens is 336 g/mol. The van der Waals surface area contributed by atoms with Crippen molar-refractivity contribution in [2.24, 2.45) is 0 Å². The molecule has 0 atom stereocenters. The molecule has 4 aromatic rings. The Kier molecular flexibility index (Phi) is 4.06. The molecule has 1 amide bonds. The van der Waals surface area contributed by atoms with E-state index in [0.29, 0.717) is 22.8 Å². The highest BCUT2D eigenvalue weighted by Crippen LogP contribution is 2.19. The predicted octanol–water partition coefficient (Wildman–Crippen LogP) is 1.53. The highest BCUT2D eigenvalue weighted by molar-refractivity contribution is 5.79. The lowest BCUT2D eigenvalue weighted by Crippen LogP contribution is -2.29.